The summed E-state index contributed by atoms with van der Waals surface area (Å²) in [6, 6.07) is 5.15. The fraction of sp³-hybridized carbons (Fsp3) is 0.417. The third-order valence-electron chi connectivity index (χ3n) is 2.23. The summed E-state index contributed by atoms with van der Waals surface area (Å²) in [6.45, 7) is 3.98. The zero-order valence-electron chi connectivity index (χ0n) is 10.3. The molecule has 92 valence electrons. The molecule has 1 aromatic heterocycles. The van der Waals surface area contributed by atoms with Crippen molar-refractivity contribution < 1.29 is 9.59 Å². The molecule has 0 saturated carbocycles. The van der Waals surface area contributed by atoms with Gasteiger partial charge in [0.15, 0.2) is 0 Å². The zero-order chi connectivity index (χ0) is 12.8. The molecule has 1 rings (SSSR count). The average Bonchev–Trinajstić information content (AvgIpc) is 2.35. The van der Waals surface area contributed by atoms with Crippen molar-refractivity contribution in [2.75, 3.05) is 7.05 Å². The SMILES string of the molecule is CNC(=O)c1cccc(CNC(=O)C(C)C)n1. The number of hydrogen-bond donors (Lipinski definition) is 2. The van der Waals surface area contributed by atoms with Crippen LogP contribution in [0.2, 0.25) is 0 Å². The van der Waals surface area contributed by atoms with Gasteiger partial charge in [0.2, 0.25) is 5.91 Å². The highest BCUT2D eigenvalue weighted by Crippen LogP contribution is 2.00. The largest absolute Gasteiger partial charge is 0.354 e. The fourth-order valence-electron chi connectivity index (χ4n) is 1.21. The summed E-state index contributed by atoms with van der Waals surface area (Å²) in [7, 11) is 1.55. The molecule has 0 atom stereocenters. The summed E-state index contributed by atoms with van der Waals surface area (Å²) in [5.41, 5.74) is 1.02. The van der Waals surface area contributed by atoms with Gasteiger partial charge >= 0.3 is 0 Å². The van der Waals surface area contributed by atoms with Crippen LogP contribution in [0.15, 0.2) is 18.2 Å². The molecular formula is C12H17N3O2. The molecule has 1 aromatic rings. The van der Waals surface area contributed by atoms with Gasteiger partial charge in [0.25, 0.3) is 5.91 Å². The van der Waals surface area contributed by atoms with Crippen molar-refractivity contribution in [1.29, 1.82) is 0 Å². The van der Waals surface area contributed by atoms with Crippen LogP contribution in [-0.4, -0.2) is 23.8 Å². The van der Waals surface area contributed by atoms with Crippen molar-refractivity contribution in [3.05, 3.63) is 29.6 Å². The molecule has 1 heterocycles. The number of rotatable bonds is 4. The molecular weight excluding hydrogens is 218 g/mol. The third kappa shape index (κ3) is 3.86. The third-order valence-corrected chi connectivity index (χ3v) is 2.23. The summed E-state index contributed by atoms with van der Waals surface area (Å²) in [5, 5.41) is 5.25. The van der Waals surface area contributed by atoms with Crippen LogP contribution in [0, 0.1) is 5.92 Å². The average molecular weight is 235 g/mol. The minimum absolute atomic E-state index is 0.0304. The molecule has 0 aliphatic rings. The van der Waals surface area contributed by atoms with Gasteiger partial charge in [-0.15, -0.1) is 0 Å². The Labute approximate surface area is 101 Å². The highest BCUT2D eigenvalue weighted by Gasteiger charge is 2.08. The highest BCUT2D eigenvalue weighted by molar-refractivity contribution is 5.92. The molecule has 0 fully saturated rings. The predicted octanol–water partition coefficient (Wildman–Crippen LogP) is 0.713. The van der Waals surface area contributed by atoms with E-state index in [9.17, 15) is 9.59 Å². The first kappa shape index (κ1) is 13.2. The first-order valence-corrected chi connectivity index (χ1v) is 5.50. The quantitative estimate of drug-likeness (QED) is 0.807. The van der Waals surface area contributed by atoms with Gasteiger partial charge in [-0.25, -0.2) is 4.98 Å². The standard InChI is InChI=1S/C12H17N3O2/c1-8(2)11(16)14-7-9-5-4-6-10(15-9)12(17)13-3/h4-6,8H,7H2,1-3H3,(H,13,17)(H,14,16). The molecule has 5 heteroatoms. The lowest BCUT2D eigenvalue weighted by Crippen LogP contribution is -2.28. The molecule has 2 N–H and O–H groups in total. The Morgan fingerprint density at radius 1 is 1.35 bits per heavy atom. The number of nitrogens with one attached hydrogen (secondary N) is 2. The van der Waals surface area contributed by atoms with E-state index in [4.69, 9.17) is 0 Å². The van der Waals surface area contributed by atoms with Crippen molar-refractivity contribution in [3.8, 4) is 0 Å². The summed E-state index contributed by atoms with van der Waals surface area (Å²) < 4.78 is 0. The predicted molar refractivity (Wildman–Crippen MR) is 64.3 cm³/mol. The monoisotopic (exact) mass is 235 g/mol. The molecule has 0 aromatic carbocycles. The van der Waals surface area contributed by atoms with Crippen LogP contribution in [0.1, 0.15) is 30.0 Å². The van der Waals surface area contributed by atoms with E-state index < -0.39 is 0 Å². The minimum Gasteiger partial charge on any atom is -0.354 e. The first-order valence-electron chi connectivity index (χ1n) is 5.50. The Hall–Kier alpha value is -1.91. The lowest BCUT2D eigenvalue weighted by atomic mass is 10.2. The Morgan fingerprint density at radius 3 is 2.65 bits per heavy atom. The van der Waals surface area contributed by atoms with Crippen molar-refractivity contribution in [2.45, 2.75) is 20.4 Å². The number of pyridine rings is 1. The maximum atomic E-state index is 11.4. The van der Waals surface area contributed by atoms with Crippen molar-refractivity contribution in [3.63, 3.8) is 0 Å². The molecule has 0 spiro atoms. The zero-order valence-corrected chi connectivity index (χ0v) is 10.3. The molecule has 0 unspecified atom stereocenters. The molecule has 17 heavy (non-hydrogen) atoms. The number of carbonyl (C=O) groups is 2. The highest BCUT2D eigenvalue weighted by atomic mass is 16.2. The van der Waals surface area contributed by atoms with Crippen LogP contribution in [0.25, 0.3) is 0 Å². The smallest absolute Gasteiger partial charge is 0.269 e. The summed E-state index contributed by atoms with van der Waals surface area (Å²) in [5.74, 6) is -0.323. The number of aromatic nitrogens is 1. The molecule has 2 amide bonds. The van der Waals surface area contributed by atoms with Gasteiger partial charge in [0.05, 0.1) is 12.2 Å². The molecule has 0 aliphatic heterocycles. The van der Waals surface area contributed by atoms with Crippen LogP contribution in [-0.2, 0) is 11.3 Å². The van der Waals surface area contributed by atoms with E-state index in [1.165, 1.54) is 0 Å². The molecule has 0 aliphatic carbocycles. The molecule has 0 bridgehead atoms. The Morgan fingerprint density at radius 2 is 2.06 bits per heavy atom. The van der Waals surface area contributed by atoms with E-state index in [0.717, 1.165) is 0 Å². The lowest BCUT2D eigenvalue weighted by molar-refractivity contribution is -0.124. The normalized spacial score (nSPS) is 10.1. The van der Waals surface area contributed by atoms with Gasteiger partial charge in [-0.3, -0.25) is 9.59 Å². The molecule has 0 radical (unpaired) electrons. The van der Waals surface area contributed by atoms with E-state index in [1.807, 2.05) is 13.8 Å². The minimum atomic E-state index is -0.234. The fourth-order valence-corrected chi connectivity index (χ4v) is 1.21. The topological polar surface area (TPSA) is 71.1 Å². The Kier molecular flexibility index (Phi) is 4.63. The van der Waals surface area contributed by atoms with E-state index >= 15 is 0 Å². The van der Waals surface area contributed by atoms with Crippen LogP contribution < -0.4 is 10.6 Å². The molecule has 5 nitrogen and oxygen atoms in total. The van der Waals surface area contributed by atoms with Crippen LogP contribution in [0.3, 0.4) is 0 Å². The number of nitrogens with zero attached hydrogens (tertiary/aromatic N) is 1. The summed E-state index contributed by atoms with van der Waals surface area (Å²) in [4.78, 5) is 26.9. The second-order valence-electron chi connectivity index (χ2n) is 3.97. The van der Waals surface area contributed by atoms with Gasteiger partial charge in [0, 0.05) is 13.0 Å². The second-order valence-corrected chi connectivity index (χ2v) is 3.97. The maximum Gasteiger partial charge on any atom is 0.269 e. The van der Waals surface area contributed by atoms with E-state index in [0.29, 0.717) is 17.9 Å². The Bertz CT molecular complexity index is 416. The Balaban J connectivity index is 2.66. The van der Waals surface area contributed by atoms with Crippen molar-refractivity contribution >= 4 is 11.8 Å². The van der Waals surface area contributed by atoms with Gasteiger partial charge in [-0.1, -0.05) is 19.9 Å². The van der Waals surface area contributed by atoms with Crippen molar-refractivity contribution in [1.82, 2.24) is 15.6 Å². The first-order chi connectivity index (χ1) is 8.04. The van der Waals surface area contributed by atoms with E-state index in [1.54, 1.807) is 25.2 Å². The number of hydrogen-bond acceptors (Lipinski definition) is 3. The van der Waals surface area contributed by atoms with Gasteiger partial charge in [-0.2, -0.15) is 0 Å². The van der Waals surface area contributed by atoms with E-state index in [2.05, 4.69) is 15.6 Å². The molecule has 0 saturated heterocycles. The van der Waals surface area contributed by atoms with E-state index in [-0.39, 0.29) is 17.7 Å². The van der Waals surface area contributed by atoms with Crippen LogP contribution >= 0.6 is 0 Å². The number of carbonyl (C=O) groups excluding carboxylic acids is 2. The van der Waals surface area contributed by atoms with Crippen LogP contribution in [0.5, 0.6) is 0 Å². The number of amides is 2. The second kappa shape index (κ2) is 5.98. The van der Waals surface area contributed by atoms with Gasteiger partial charge < -0.3 is 10.6 Å². The summed E-state index contributed by atoms with van der Waals surface area (Å²) >= 11 is 0. The van der Waals surface area contributed by atoms with Crippen LogP contribution in [0.4, 0.5) is 0 Å². The summed E-state index contributed by atoms with van der Waals surface area (Å²) in [6.07, 6.45) is 0. The van der Waals surface area contributed by atoms with Gasteiger partial charge in [0.1, 0.15) is 5.69 Å². The maximum absolute atomic E-state index is 11.4. The van der Waals surface area contributed by atoms with Gasteiger partial charge in [-0.05, 0) is 12.1 Å². The van der Waals surface area contributed by atoms with Crippen molar-refractivity contribution in [2.24, 2.45) is 5.92 Å². The lowest BCUT2D eigenvalue weighted by Gasteiger charge is -2.07.